The Morgan fingerprint density at radius 1 is 1.30 bits per heavy atom. The fraction of sp³-hybridized carbons (Fsp3) is 0.333. The summed E-state index contributed by atoms with van der Waals surface area (Å²) in [6, 6.07) is 7.11. The zero-order valence-electron chi connectivity index (χ0n) is 11.5. The smallest absolute Gasteiger partial charge is 0.303 e. The molecule has 0 saturated heterocycles. The van der Waals surface area contributed by atoms with E-state index in [1.165, 1.54) is 6.08 Å². The molecule has 0 heterocycles. The van der Waals surface area contributed by atoms with Crippen LogP contribution in [-0.4, -0.2) is 22.5 Å². The molecule has 2 N–H and O–H groups in total. The predicted octanol–water partition coefficient (Wildman–Crippen LogP) is 3.11. The number of halogens is 1. The summed E-state index contributed by atoms with van der Waals surface area (Å²) in [5.74, 6) is -1.13. The topological polar surface area (TPSA) is 66.4 Å². The molecule has 5 heteroatoms. The van der Waals surface area contributed by atoms with Gasteiger partial charge < -0.3 is 10.4 Å². The molecule has 20 heavy (non-hydrogen) atoms. The first kappa shape index (κ1) is 16.2. The van der Waals surface area contributed by atoms with Crippen molar-refractivity contribution in [1.82, 2.24) is 5.32 Å². The fourth-order valence-corrected chi connectivity index (χ4v) is 1.73. The number of amides is 1. The van der Waals surface area contributed by atoms with E-state index in [2.05, 4.69) is 5.32 Å². The Labute approximate surface area is 123 Å². The number of carboxylic acids is 1. The van der Waals surface area contributed by atoms with Gasteiger partial charge in [-0.25, -0.2) is 0 Å². The lowest BCUT2D eigenvalue weighted by atomic mass is 9.98. The van der Waals surface area contributed by atoms with Crippen LogP contribution in [0.2, 0.25) is 5.02 Å². The van der Waals surface area contributed by atoms with E-state index >= 15 is 0 Å². The maximum absolute atomic E-state index is 11.8. The van der Waals surface area contributed by atoms with Crippen molar-refractivity contribution < 1.29 is 14.7 Å². The highest BCUT2D eigenvalue weighted by molar-refractivity contribution is 6.30. The van der Waals surface area contributed by atoms with Gasteiger partial charge in [0.15, 0.2) is 0 Å². The number of carbonyl (C=O) groups is 2. The second-order valence-corrected chi connectivity index (χ2v) is 5.59. The lowest BCUT2D eigenvalue weighted by Crippen LogP contribution is -2.42. The van der Waals surface area contributed by atoms with E-state index in [-0.39, 0.29) is 12.3 Å². The highest BCUT2D eigenvalue weighted by Crippen LogP contribution is 2.12. The van der Waals surface area contributed by atoms with Gasteiger partial charge in [-0.2, -0.15) is 0 Å². The van der Waals surface area contributed by atoms with Crippen molar-refractivity contribution in [3.05, 3.63) is 40.9 Å². The van der Waals surface area contributed by atoms with Crippen LogP contribution < -0.4 is 5.32 Å². The normalized spacial score (nSPS) is 11.6. The van der Waals surface area contributed by atoms with Gasteiger partial charge in [0.2, 0.25) is 5.91 Å². The molecule has 0 aliphatic rings. The van der Waals surface area contributed by atoms with Crippen LogP contribution in [0.1, 0.15) is 32.3 Å². The lowest BCUT2D eigenvalue weighted by molar-refractivity contribution is -0.137. The molecule has 1 aromatic rings. The summed E-state index contributed by atoms with van der Waals surface area (Å²) in [5, 5.41) is 12.1. The summed E-state index contributed by atoms with van der Waals surface area (Å²) < 4.78 is 0. The molecule has 0 atom stereocenters. The molecule has 0 spiro atoms. The van der Waals surface area contributed by atoms with Crippen LogP contribution in [0.15, 0.2) is 30.3 Å². The molecule has 0 bridgehead atoms. The highest BCUT2D eigenvalue weighted by atomic mass is 35.5. The fourth-order valence-electron chi connectivity index (χ4n) is 1.60. The SMILES string of the molecule is CC(C)(CCC(=O)O)NC(=O)C=Cc1ccc(Cl)cc1. The van der Waals surface area contributed by atoms with Crippen molar-refractivity contribution in [1.29, 1.82) is 0 Å². The molecule has 0 unspecified atom stereocenters. The Bertz CT molecular complexity index is 506. The monoisotopic (exact) mass is 295 g/mol. The van der Waals surface area contributed by atoms with E-state index in [1.807, 2.05) is 12.1 Å². The molecule has 108 valence electrons. The van der Waals surface area contributed by atoms with Crippen molar-refractivity contribution in [2.24, 2.45) is 0 Å². The third-order valence-corrected chi connectivity index (χ3v) is 2.97. The third-order valence-electron chi connectivity index (χ3n) is 2.72. The van der Waals surface area contributed by atoms with Crippen LogP contribution in [0.25, 0.3) is 6.08 Å². The Hall–Kier alpha value is -1.81. The molecular weight excluding hydrogens is 278 g/mol. The molecule has 0 aromatic heterocycles. The molecule has 0 aliphatic heterocycles. The van der Waals surface area contributed by atoms with E-state index in [1.54, 1.807) is 32.1 Å². The maximum Gasteiger partial charge on any atom is 0.303 e. The Morgan fingerprint density at radius 3 is 2.45 bits per heavy atom. The first-order chi connectivity index (χ1) is 9.28. The van der Waals surface area contributed by atoms with Crippen molar-refractivity contribution >= 4 is 29.6 Å². The average Bonchev–Trinajstić information content (AvgIpc) is 2.35. The van der Waals surface area contributed by atoms with Gasteiger partial charge in [-0.05, 0) is 44.0 Å². The molecular formula is C15H18ClNO3. The standard InChI is InChI=1S/C15H18ClNO3/c1-15(2,10-9-14(19)20)17-13(18)8-5-11-3-6-12(16)7-4-11/h3-8H,9-10H2,1-2H3,(H,17,18)(H,19,20). The summed E-state index contributed by atoms with van der Waals surface area (Å²) in [4.78, 5) is 22.3. The second-order valence-electron chi connectivity index (χ2n) is 5.15. The van der Waals surface area contributed by atoms with Crippen molar-refractivity contribution in [2.75, 3.05) is 0 Å². The molecule has 1 amide bonds. The first-order valence-corrected chi connectivity index (χ1v) is 6.64. The van der Waals surface area contributed by atoms with Crippen molar-refractivity contribution in [2.45, 2.75) is 32.2 Å². The van der Waals surface area contributed by atoms with E-state index in [0.717, 1.165) is 5.56 Å². The summed E-state index contributed by atoms with van der Waals surface area (Å²) in [5.41, 5.74) is 0.313. The number of benzene rings is 1. The van der Waals surface area contributed by atoms with Crippen molar-refractivity contribution in [3.63, 3.8) is 0 Å². The highest BCUT2D eigenvalue weighted by Gasteiger charge is 2.20. The second kappa shape index (κ2) is 7.10. The van der Waals surface area contributed by atoms with E-state index in [9.17, 15) is 9.59 Å². The van der Waals surface area contributed by atoms with E-state index < -0.39 is 11.5 Å². The van der Waals surface area contributed by atoms with Gasteiger partial charge in [0, 0.05) is 23.1 Å². The van der Waals surface area contributed by atoms with Crippen LogP contribution in [0.3, 0.4) is 0 Å². The first-order valence-electron chi connectivity index (χ1n) is 6.26. The number of carboxylic acid groups (broad SMARTS) is 1. The van der Waals surface area contributed by atoms with Gasteiger partial charge in [-0.15, -0.1) is 0 Å². The molecule has 0 radical (unpaired) electrons. The van der Waals surface area contributed by atoms with Gasteiger partial charge in [0.1, 0.15) is 0 Å². The van der Waals surface area contributed by atoms with Crippen LogP contribution in [0, 0.1) is 0 Å². The quantitative estimate of drug-likeness (QED) is 0.793. The molecule has 0 aliphatic carbocycles. The minimum absolute atomic E-state index is 0.0220. The van der Waals surface area contributed by atoms with Gasteiger partial charge in [-0.1, -0.05) is 23.7 Å². The average molecular weight is 296 g/mol. The number of nitrogens with one attached hydrogen (secondary N) is 1. The lowest BCUT2D eigenvalue weighted by Gasteiger charge is -2.24. The van der Waals surface area contributed by atoms with Crippen LogP contribution in [0.4, 0.5) is 0 Å². The zero-order valence-corrected chi connectivity index (χ0v) is 12.3. The van der Waals surface area contributed by atoms with E-state index in [0.29, 0.717) is 11.4 Å². The van der Waals surface area contributed by atoms with Crippen molar-refractivity contribution in [3.8, 4) is 0 Å². The Balaban J connectivity index is 2.54. The van der Waals surface area contributed by atoms with Crippen LogP contribution >= 0.6 is 11.6 Å². The van der Waals surface area contributed by atoms with Gasteiger partial charge in [-0.3, -0.25) is 9.59 Å². The number of carbonyl (C=O) groups excluding carboxylic acids is 1. The summed E-state index contributed by atoms with van der Waals surface area (Å²) in [6.07, 6.45) is 3.50. The maximum atomic E-state index is 11.8. The van der Waals surface area contributed by atoms with E-state index in [4.69, 9.17) is 16.7 Å². The van der Waals surface area contributed by atoms with Gasteiger partial charge in [0.05, 0.1) is 0 Å². The zero-order chi connectivity index (χ0) is 15.2. The minimum Gasteiger partial charge on any atom is -0.481 e. The molecule has 0 fully saturated rings. The minimum atomic E-state index is -0.871. The predicted molar refractivity (Wildman–Crippen MR) is 79.6 cm³/mol. The number of hydrogen-bond donors (Lipinski definition) is 2. The number of rotatable bonds is 6. The van der Waals surface area contributed by atoms with Gasteiger partial charge in [0.25, 0.3) is 0 Å². The van der Waals surface area contributed by atoms with Crippen LogP contribution in [-0.2, 0) is 9.59 Å². The summed E-state index contributed by atoms with van der Waals surface area (Å²) in [6.45, 7) is 3.59. The third kappa shape index (κ3) is 6.38. The van der Waals surface area contributed by atoms with Crippen LogP contribution in [0.5, 0.6) is 0 Å². The number of aliphatic carboxylic acids is 1. The Morgan fingerprint density at radius 2 is 1.90 bits per heavy atom. The molecule has 0 saturated carbocycles. The summed E-state index contributed by atoms with van der Waals surface area (Å²) in [7, 11) is 0. The van der Waals surface area contributed by atoms with Gasteiger partial charge >= 0.3 is 5.97 Å². The Kier molecular flexibility index (Phi) is 5.77. The molecule has 1 aromatic carbocycles. The molecule has 4 nitrogen and oxygen atoms in total. The largest absolute Gasteiger partial charge is 0.481 e. The molecule has 1 rings (SSSR count). The summed E-state index contributed by atoms with van der Waals surface area (Å²) >= 11 is 5.77. The number of hydrogen-bond acceptors (Lipinski definition) is 2.